The minimum atomic E-state index is -0.129. The molecule has 0 saturated heterocycles. The van der Waals surface area contributed by atoms with Crippen LogP contribution in [0.2, 0.25) is 10.0 Å². The number of hydrogen-bond acceptors (Lipinski definition) is 2. The molecule has 0 saturated carbocycles. The quantitative estimate of drug-likeness (QED) is 0.711. The van der Waals surface area contributed by atoms with Crippen LogP contribution in [0.1, 0.15) is 39.5 Å². The maximum atomic E-state index is 11.8. The molecule has 1 amide bonds. The first-order valence-corrected chi connectivity index (χ1v) is 8.16. The van der Waals surface area contributed by atoms with Gasteiger partial charge < -0.3 is 10.1 Å². The van der Waals surface area contributed by atoms with E-state index in [1.54, 1.807) is 18.2 Å². The summed E-state index contributed by atoms with van der Waals surface area (Å²) in [5.41, 5.74) is 0. The van der Waals surface area contributed by atoms with Gasteiger partial charge in [-0.1, -0.05) is 56.3 Å². The van der Waals surface area contributed by atoms with Crippen molar-refractivity contribution in [2.24, 2.45) is 5.92 Å². The van der Waals surface area contributed by atoms with Crippen LogP contribution >= 0.6 is 23.2 Å². The van der Waals surface area contributed by atoms with E-state index in [-0.39, 0.29) is 12.5 Å². The summed E-state index contributed by atoms with van der Waals surface area (Å²) in [5.74, 6) is 0.873. The van der Waals surface area contributed by atoms with Gasteiger partial charge in [-0.2, -0.15) is 0 Å². The van der Waals surface area contributed by atoms with E-state index in [0.717, 1.165) is 12.8 Å². The third-order valence-electron chi connectivity index (χ3n) is 3.38. The molecular weight excluding hydrogens is 309 g/mol. The molecule has 5 heteroatoms. The Balaban J connectivity index is 2.33. The molecule has 0 fully saturated rings. The predicted octanol–water partition coefficient (Wildman–Crippen LogP) is 4.70. The minimum Gasteiger partial charge on any atom is -0.482 e. The second-order valence-electron chi connectivity index (χ2n) is 5.08. The SMILES string of the molecule is CCCC[C@H](CC)CNC(=O)COc1ccc(Cl)cc1Cl. The number of nitrogens with one attached hydrogen (secondary N) is 1. The van der Waals surface area contributed by atoms with Crippen LogP contribution in [0.15, 0.2) is 18.2 Å². The van der Waals surface area contributed by atoms with Crippen LogP contribution in [0, 0.1) is 5.92 Å². The molecule has 0 unspecified atom stereocenters. The lowest BCUT2D eigenvalue weighted by Crippen LogP contribution is -2.33. The van der Waals surface area contributed by atoms with Crippen molar-refractivity contribution in [1.82, 2.24) is 5.32 Å². The van der Waals surface area contributed by atoms with Crippen molar-refractivity contribution in [2.45, 2.75) is 39.5 Å². The smallest absolute Gasteiger partial charge is 0.257 e. The van der Waals surface area contributed by atoms with Crippen molar-refractivity contribution >= 4 is 29.1 Å². The summed E-state index contributed by atoms with van der Waals surface area (Å²) >= 11 is 11.8. The highest BCUT2D eigenvalue weighted by Gasteiger charge is 2.10. The van der Waals surface area contributed by atoms with Crippen molar-refractivity contribution in [3.63, 3.8) is 0 Å². The summed E-state index contributed by atoms with van der Waals surface area (Å²) in [7, 11) is 0. The summed E-state index contributed by atoms with van der Waals surface area (Å²) in [5, 5.41) is 3.86. The molecule has 0 aliphatic rings. The molecule has 21 heavy (non-hydrogen) atoms. The molecule has 1 N–H and O–H groups in total. The van der Waals surface area contributed by atoms with Crippen LogP contribution in [-0.2, 0) is 4.79 Å². The topological polar surface area (TPSA) is 38.3 Å². The number of unbranched alkanes of at least 4 members (excludes halogenated alkanes) is 1. The van der Waals surface area contributed by atoms with Crippen LogP contribution in [0.25, 0.3) is 0 Å². The van der Waals surface area contributed by atoms with Crippen molar-refractivity contribution in [3.05, 3.63) is 28.2 Å². The largest absolute Gasteiger partial charge is 0.482 e. The molecule has 1 aromatic rings. The summed E-state index contributed by atoms with van der Waals surface area (Å²) in [4.78, 5) is 11.8. The van der Waals surface area contributed by atoms with Gasteiger partial charge >= 0.3 is 0 Å². The maximum Gasteiger partial charge on any atom is 0.257 e. The van der Waals surface area contributed by atoms with Crippen molar-refractivity contribution < 1.29 is 9.53 Å². The van der Waals surface area contributed by atoms with Crippen LogP contribution in [0.3, 0.4) is 0 Å². The number of ether oxygens (including phenoxy) is 1. The molecule has 0 aromatic heterocycles. The highest BCUT2D eigenvalue weighted by molar-refractivity contribution is 6.35. The fraction of sp³-hybridized carbons (Fsp3) is 0.562. The van der Waals surface area contributed by atoms with Gasteiger partial charge in [0.25, 0.3) is 5.91 Å². The van der Waals surface area contributed by atoms with E-state index in [1.165, 1.54) is 12.8 Å². The number of carbonyl (C=O) groups is 1. The van der Waals surface area contributed by atoms with Crippen LogP contribution in [0.4, 0.5) is 0 Å². The van der Waals surface area contributed by atoms with E-state index in [0.29, 0.717) is 28.3 Å². The average molecular weight is 332 g/mol. The third kappa shape index (κ3) is 7.05. The molecule has 1 aromatic carbocycles. The Bertz CT molecular complexity index is 452. The van der Waals surface area contributed by atoms with Crippen LogP contribution in [0.5, 0.6) is 5.75 Å². The molecule has 118 valence electrons. The number of hydrogen-bond donors (Lipinski definition) is 1. The molecule has 0 aliphatic heterocycles. The Kier molecular flexibility index (Phi) is 8.55. The van der Waals surface area contributed by atoms with Gasteiger partial charge in [0.1, 0.15) is 5.75 Å². The van der Waals surface area contributed by atoms with Gasteiger partial charge in [-0.05, 0) is 30.5 Å². The maximum absolute atomic E-state index is 11.8. The Morgan fingerprint density at radius 3 is 2.71 bits per heavy atom. The number of amides is 1. The lowest BCUT2D eigenvalue weighted by Gasteiger charge is -2.15. The van der Waals surface area contributed by atoms with E-state index < -0.39 is 0 Å². The van der Waals surface area contributed by atoms with Gasteiger partial charge in [0.15, 0.2) is 6.61 Å². The van der Waals surface area contributed by atoms with Crippen molar-refractivity contribution in [2.75, 3.05) is 13.2 Å². The van der Waals surface area contributed by atoms with Gasteiger partial charge in [-0.3, -0.25) is 4.79 Å². The van der Waals surface area contributed by atoms with E-state index in [1.807, 2.05) is 0 Å². The number of benzene rings is 1. The first kappa shape index (κ1) is 18.1. The fourth-order valence-corrected chi connectivity index (χ4v) is 2.45. The van der Waals surface area contributed by atoms with Gasteiger partial charge in [0.05, 0.1) is 5.02 Å². The Labute approximate surface area is 137 Å². The zero-order valence-electron chi connectivity index (χ0n) is 12.6. The summed E-state index contributed by atoms with van der Waals surface area (Å²) in [6.45, 7) is 4.99. The molecule has 0 aliphatic carbocycles. The number of rotatable bonds is 9. The highest BCUT2D eigenvalue weighted by atomic mass is 35.5. The molecule has 0 spiro atoms. The zero-order valence-corrected chi connectivity index (χ0v) is 14.1. The monoisotopic (exact) mass is 331 g/mol. The van der Waals surface area contributed by atoms with Crippen molar-refractivity contribution in [3.8, 4) is 5.75 Å². The van der Waals surface area contributed by atoms with Crippen LogP contribution in [-0.4, -0.2) is 19.1 Å². The van der Waals surface area contributed by atoms with E-state index >= 15 is 0 Å². The van der Waals surface area contributed by atoms with Gasteiger partial charge in [-0.15, -0.1) is 0 Å². The van der Waals surface area contributed by atoms with E-state index in [9.17, 15) is 4.79 Å². The molecular formula is C16H23Cl2NO2. The molecule has 3 nitrogen and oxygen atoms in total. The van der Waals surface area contributed by atoms with Crippen molar-refractivity contribution in [1.29, 1.82) is 0 Å². The molecule has 1 atom stereocenters. The number of carbonyl (C=O) groups excluding carboxylic acids is 1. The molecule has 1 rings (SSSR count). The Morgan fingerprint density at radius 1 is 1.33 bits per heavy atom. The summed E-state index contributed by atoms with van der Waals surface area (Å²) < 4.78 is 5.40. The normalized spacial score (nSPS) is 12.0. The van der Waals surface area contributed by atoms with Gasteiger partial charge in [0.2, 0.25) is 0 Å². The standard InChI is InChI=1S/C16H23Cl2NO2/c1-3-5-6-12(4-2)10-19-16(20)11-21-15-8-7-13(17)9-14(15)18/h7-9,12H,3-6,10-11H2,1-2H3,(H,19,20)/t12-/m0/s1. The summed E-state index contributed by atoms with van der Waals surface area (Å²) in [6.07, 6.45) is 4.61. The fourth-order valence-electron chi connectivity index (χ4n) is 1.99. The predicted molar refractivity (Wildman–Crippen MR) is 88.3 cm³/mol. The first-order chi connectivity index (χ1) is 10.1. The van der Waals surface area contributed by atoms with Crippen LogP contribution < -0.4 is 10.1 Å². The summed E-state index contributed by atoms with van der Waals surface area (Å²) in [6, 6.07) is 4.93. The van der Waals surface area contributed by atoms with Gasteiger partial charge in [0, 0.05) is 11.6 Å². The van der Waals surface area contributed by atoms with Gasteiger partial charge in [-0.25, -0.2) is 0 Å². The second-order valence-corrected chi connectivity index (χ2v) is 5.93. The molecule has 0 radical (unpaired) electrons. The lowest BCUT2D eigenvalue weighted by atomic mass is 9.99. The average Bonchev–Trinajstić information content (AvgIpc) is 2.46. The molecule has 0 bridgehead atoms. The van der Waals surface area contributed by atoms with E-state index in [2.05, 4.69) is 19.2 Å². The first-order valence-electron chi connectivity index (χ1n) is 7.41. The second kappa shape index (κ2) is 9.91. The Hall–Kier alpha value is -0.930. The highest BCUT2D eigenvalue weighted by Crippen LogP contribution is 2.27. The number of halogens is 2. The zero-order chi connectivity index (χ0) is 15.7. The van der Waals surface area contributed by atoms with E-state index in [4.69, 9.17) is 27.9 Å². The molecule has 0 heterocycles. The Morgan fingerprint density at radius 2 is 2.10 bits per heavy atom. The minimum absolute atomic E-state index is 0.0361. The lowest BCUT2D eigenvalue weighted by molar-refractivity contribution is -0.123. The third-order valence-corrected chi connectivity index (χ3v) is 3.91.